The number of methoxy groups -OCH3 is 1. The molecule has 0 saturated carbocycles. The molecule has 0 aliphatic heterocycles. The van der Waals surface area contributed by atoms with Crippen molar-refractivity contribution in [2.24, 2.45) is 0 Å². The molecule has 0 amide bonds. The van der Waals surface area contributed by atoms with Crippen molar-refractivity contribution in [2.45, 2.75) is 13.5 Å². The summed E-state index contributed by atoms with van der Waals surface area (Å²) < 4.78 is 7.57. The van der Waals surface area contributed by atoms with E-state index in [0.717, 1.165) is 28.4 Å². The molecule has 0 atom stereocenters. The van der Waals surface area contributed by atoms with Gasteiger partial charge in [-0.15, -0.1) is 11.3 Å². The van der Waals surface area contributed by atoms with Gasteiger partial charge in [0.05, 0.1) is 19.2 Å². The molecular weight excluding hydrogens is 244 g/mol. The van der Waals surface area contributed by atoms with Crippen LogP contribution in [0.1, 0.15) is 10.7 Å². The van der Waals surface area contributed by atoms with E-state index in [2.05, 4.69) is 33.3 Å². The molecular formula is C14H14N2OS. The Hall–Kier alpha value is -1.81. The zero-order valence-corrected chi connectivity index (χ0v) is 11.2. The summed E-state index contributed by atoms with van der Waals surface area (Å²) in [6, 6.07) is 8.21. The minimum absolute atomic E-state index is 0.815. The molecule has 0 bridgehead atoms. The van der Waals surface area contributed by atoms with Crippen LogP contribution in [0.4, 0.5) is 0 Å². The summed E-state index contributed by atoms with van der Waals surface area (Å²) in [5, 5.41) is 4.36. The van der Waals surface area contributed by atoms with Crippen molar-refractivity contribution in [1.82, 2.24) is 9.55 Å². The molecule has 1 aromatic carbocycles. The summed E-state index contributed by atoms with van der Waals surface area (Å²) in [6.45, 7) is 2.84. The van der Waals surface area contributed by atoms with Gasteiger partial charge in [-0.25, -0.2) is 4.98 Å². The number of fused-ring (bicyclic) bond motifs is 1. The Morgan fingerprint density at radius 2 is 2.22 bits per heavy atom. The molecule has 18 heavy (non-hydrogen) atoms. The molecule has 2 aromatic heterocycles. The van der Waals surface area contributed by atoms with Gasteiger partial charge in [-0.1, -0.05) is 6.07 Å². The van der Waals surface area contributed by atoms with Crippen molar-refractivity contribution in [3.8, 4) is 5.75 Å². The van der Waals surface area contributed by atoms with Crippen LogP contribution in [0, 0.1) is 6.92 Å². The van der Waals surface area contributed by atoms with Gasteiger partial charge in [0.25, 0.3) is 0 Å². The first-order chi connectivity index (χ1) is 8.78. The number of aryl methyl sites for hydroxylation is 1. The van der Waals surface area contributed by atoms with Crippen LogP contribution >= 0.6 is 11.3 Å². The minimum Gasteiger partial charge on any atom is -0.496 e. The lowest BCUT2D eigenvalue weighted by Crippen LogP contribution is -1.97. The third-order valence-corrected chi connectivity index (χ3v) is 3.92. The topological polar surface area (TPSA) is 27.1 Å². The second-order valence-corrected chi connectivity index (χ2v) is 5.16. The molecule has 2 heterocycles. The van der Waals surface area contributed by atoms with E-state index < -0.39 is 0 Å². The molecule has 0 fully saturated rings. The maximum absolute atomic E-state index is 5.37. The summed E-state index contributed by atoms with van der Waals surface area (Å²) >= 11 is 1.70. The number of rotatable bonds is 3. The second kappa shape index (κ2) is 4.46. The van der Waals surface area contributed by atoms with Gasteiger partial charge in [-0.3, -0.25) is 0 Å². The minimum atomic E-state index is 0.815. The van der Waals surface area contributed by atoms with Crippen LogP contribution in [0.25, 0.3) is 10.9 Å². The number of ether oxygens (including phenoxy) is 1. The molecule has 3 aromatic rings. The Labute approximate surface area is 110 Å². The van der Waals surface area contributed by atoms with Crippen LogP contribution in [0.15, 0.2) is 35.8 Å². The molecule has 0 radical (unpaired) electrons. The average molecular weight is 258 g/mol. The highest BCUT2D eigenvalue weighted by atomic mass is 32.1. The first-order valence-electron chi connectivity index (χ1n) is 5.81. The van der Waals surface area contributed by atoms with Gasteiger partial charge < -0.3 is 9.30 Å². The predicted octanol–water partition coefficient (Wildman–Crippen LogP) is 3.46. The van der Waals surface area contributed by atoms with Crippen LogP contribution in [-0.4, -0.2) is 16.7 Å². The van der Waals surface area contributed by atoms with Crippen molar-refractivity contribution in [3.05, 3.63) is 46.5 Å². The van der Waals surface area contributed by atoms with Crippen LogP contribution < -0.4 is 4.74 Å². The highest BCUT2D eigenvalue weighted by molar-refractivity contribution is 7.09. The van der Waals surface area contributed by atoms with E-state index in [9.17, 15) is 0 Å². The fraction of sp³-hybridized carbons (Fsp3) is 0.214. The van der Waals surface area contributed by atoms with Gasteiger partial charge >= 0.3 is 0 Å². The fourth-order valence-corrected chi connectivity index (χ4v) is 2.90. The maximum Gasteiger partial charge on any atom is 0.128 e. The second-order valence-electron chi connectivity index (χ2n) is 4.22. The van der Waals surface area contributed by atoms with E-state index in [4.69, 9.17) is 4.74 Å². The van der Waals surface area contributed by atoms with Crippen LogP contribution in [-0.2, 0) is 6.54 Å². The van der Waals surface area contributed by atoms with E-state index in [-0.39, 0.29) is 0 Å². The Morgan fingerprint density at radius 1 is 1.33 bits per heavy atom. The van der Waals surface area contributed by atoms with E-state index in [1.165, 1.54) is 5.52 Å². The van der Waals surface area contributed by atoms with Gasteiger partial charge in [0.2, 0.25) is 0 Å². The van der Waals surface area contributed by atoms with Crippen LogP contribution in [0.3, 0.4) is 0 Å². The first kappa shape index (κ1) is 11.3. The number of benzene rings is 1. The quantitative estimate of drug-likeness (QED) is 0.719. The Morgan fingerprint density at radius 3 is 2.94 bits per heavy atom. The Kier molecular flexibility index (Phi) is 2.80. The van der Waals surface area contributed by atoms with Crippen molar-refractivity contribution in [3.63, 3.8) is 0 Å². The van der Waals surface area contributed by atoms with Gasteiger partial charge in [0.1, 0.15) is 10.8 Å². The van der Waals surface area contributed by atoms with E-state index in [1.54, 1.807) is 18.4 Å². The van der Waals surface area contributed by atoms with Crippen molar-refractivity contribution >= 4 is 22.2 Å². The number of hydrogen-bond acceptors (Lipinski definition) is 3. The maximum atomic E-state index is 5.37. The summed E-state index contributed by atoms with van der Waals surface area (Å²) in [5.74, 6) is 0.918. The number of aromatic nitrogens is 2. The summed E-state index contributed by atoms with van der Waals surface area (Å²) in [5.41, 5.74) is 2.27. The highest BCUT2D eigenvalue weighted by Gasteiger charge is 2.07. The summed E-state index contributed by atoms with van der Waals surface area (Å²) in [6.07, 6.45) is 2.09. The SMILES string of the molecule is COc1cccc2c1ccn2Cc1nc(C)cs1. The number of nitrogens with zero attached hydrogens (tertiary/aromatic N) is 2. The number of thiazole rings is 1. The van der Waals surface area contributed by atoms with Crippen molar-refractivity contribution in [1.29, 1.82) is 0 Å². The van der Waals surface area contributed by atoms with Crippen LogP contribution in [0.5, 0.6) is 5.75 Å². The zero-order valence-electron chi connectivity index (χ0n) is 10.4. The molecule has 0 N–H and O–H groups in total. The lowest BCUT2D eigenvalue weighted by Gasteiger charge is -2.05. The third kappa shape index (κ3) is 1.88. The van der Waals surface area contributed by atoms with Gasteiger partial charge in [0, 0.05) is 22.7 Å². The largest absolute Gasteiger partial charge is 0.496 e. The Bertz CT molecular complexity index is 684. The van der Waals surface area contributed by atoms with E-state index >= 15 is 0 Å². The molecule has 0 saturated heterocycles. The summed E-state index contributed by atoms with van der Waals surface area (Å²) in [7, 11) is 1.70. The molecule has 0 unspecified atom stereocenters. The fourth-order valence-electron chi connectivity index (χ4n) is 2.13. The standard InChI is InChI=1S/C14H14N2OS/c1-10-9-18-14(15-10)8-16-7-6-11-12(16)4-3-5-13(11)17-2/h3-7,9H,8H2,1-2H3. The van der Waals surface area contributed by atoms with E-state index in [1.807, 2.05) is 19.1 Å². The molecule has 0 aliphatic carbocycles. The van der Waals surface area contributed by atoms with Crippen molar-refractivity contribution < 1.29 is 4.74 Å². The molecule has 92 valence electrons. The zero-order chi connectivity index (χ0) is 12.5. The molecule has 4 heteroatoms. The lowest BCUT2D eigenvalue weighted by molar-refractivity contribution is 0.420. The summed E-state index contributed by atoms with van der Waals surface area (Å²) in [4.78, 5) is 4.50. The highest BCUT2D eigenvalue weighted by Crippen LogP contribution is 2.27. The smallest absolute Gasteiger partial charge is 0.128 e. The molecule has 0 aliphatic rings. The van der Waals surface area contributed by atoms with E-state index in [0.29, 0.717) is 0 Å². The number of hydrogen-bond donors (Lipinski definition) is 0. The van der Waals surface area contributed by atoms with Crippen molar-refractivity contribution in [2.75, 3.05) is 7.11 Å². The predicted molar refractivity (Wildman–Crippen MR) is 74.4 cm³/mol. The molecule has 0 spiro atoms. The first-order valence-corrected chi connectivity index (χ1v) is 6.69. The molecule has 3 rings (SSSR count). The monoisotopic (exact) mass is 258 g/mol. The van der Waals surface area contributed by atoms with Gasteiger partial charge in [-0.05, 0) is 25.1 Å². The average Bonchev–Trinajstić information content (AvgIpc) is 2.97. The molecule has 3 nitrogen and oxygen atoms in total. The lowest BCUT2D eigenvalue weighted by atomic mass is 10.2. The normalized spacial score (nSPS) is 11.0. The van der Waals surface area contributed by atoms with Crippen LogP contribution in [0.2, 0.25) is 0 Å². The van der Waals surface area contributed by atoms with Gasteiger partial charge in [-0.2, -0.15) is 0 Å². The third-order valence-electron chi connectivity index (χ3n) is 2.97. The van der Waals surface area contributed by atoms with Gasteiger partial charge in [0.15, 0.2) is 0 Å². The Balaban J connectivity index is 2.02.